The van der Waals surface area contributed by atoms with Crippen LogP contribution >= 0.6 is 0 Å². The Kier molecular flexibility index (Phi) is 4.55. The van der Waals surface area contributed by atoms with E-state index in [1.54, 1.807) is 24.3 Å². The molecule has 0 atom stereocenters. The highest BCUT2D eigenvalue weighted by molar-refractivity contribution is 5.32. The Morgan fingerprint density at radius 3 is 2.57 bits per heavy atom. The molecule has 2 aromatic rings. The van der Waals surface area contributed by atoms with Crippen LogP contribution in [0.25, 0.3) is 0 Å². The minimum atomic E-state index is -4.38. The normalized spacial score (nSPS) is 11.3. The van der Waals surface area contributed by atoms with Crippen LogP contribution in [-0.2, 0) is 17.8 Å². The zero-order chi connectivity index (χ0) is 15.3. The van der Waals surface area contributed by atoms with E-state index in [-0.39, 0.29) is 18.3 Å². The number of ether oxygens (including phenoxy) is 1. The molecule has 0 saturated carbocycles. The van der Waals surface area contributed by atoms with Gasteiger partial charge in [-0.05, 0) is 17.7 Å². The largest absolute Gasteiger partial charge is 0.411 e. The molecule has 110 valence electrons. The molecular formula is C13H10F3N3O2. The molecule has 8 heteroatoms. The smallest absolute Gasteiger partial charge is 0.364 e. The Morgan fingerprint density at radius 1 is 1.24 bits per heavy atom. The first kappa shape index (κ1) is 15.0. The van der Waals surface area contributed by atoms with Crippen molar-refractivity contribution < 1.29 is 22.4 Å². The molecule has 0 bridgehead atoms. The Bertz CT molecular complexity index is 629. The quantitative estimate of drug-likeness (QED) is 0.848. The molecule has 0 aliphatic rings. The van der Waals surface area contributed by atoms with Gasteiger partial charge in [0.1, 0.15) is 13.2 Å². The SMILES string of the molecule is N#Cc1ccc(Cc2nc(COCC(F)(F)F)no2)cc1. The molecule has 0 aliphatic heterocycles. The van der Waals surface area contributed by atoms with Crippen LogP contribution in [0.3, 0.4) is 0 Å². The van der Waals surface area contributed by atoms with Gasteiger partial charge in [-0.15, -0.1) is 0 Å². The monoisotopic (exact) mass is 297 g/mol. The van der Waals surface area contributed by atoms with E-state index in [4.69, 9.17) is 9.78 Å². The summed E-state index contributed by atoms with van der Waals surface area (Å²) in [7, 11) is 0. The molecule has 0 saturated heterocycles. The van der Waals surface area contributed by atoms with E-state index in [0.717, 1.165) is 5.56 Å². The van der Waals surface area contributed by atoms with Gasteiger partial charge in [-0.1, -0.05) is 17.3 Å². The zero-order valence-corrected chi connectivity index (χ0v) is 10.7. The fourth-order valence-electron chi connectivity index (χ4n) is 1.55. The molecule has 1 aromatic carbocycles. The summed E-state index contributed by atoms with van der Waals surface area (Å²) in [6.45, 7) is -1.72. The van der Waals surface area contributed by atoms with Gasteiger partial charge < -0.3 is 9.26 Å². The van der Waals surface area contributed by atoms with Gasteiger partial charge in [0.05, 0.1) is 18.1 Å². The fourth-order valence-corrected chi connectivity index (χ4v) is 1.55. The number of hydrogen-bond acceptors (Lipinski definition) is 5. The van der Waals surface area contributed by atoms with E-state index in [1.807, 2.05) is 6.07 Å². The second-order valence-electron chi connectivity index (χ2n) is 4.20. The van der Waals surface area contributed by atoms with E-state index in [9.17, 15) is 13.2 Å². The summed E-state index contributed by atoms with van der Waals surface area (Å²) in [5.74, 6) is 0.327. The average Bonchev–Trinajstić information content (AvgIpc) is 2.86. The predicted molar refractivity (Wildman–Crippen MR) is 64.0 cm³/mol. The number of benzene rings is 1. The molecule has 0 N–H and O–H groups in total. The third-order valence-corrected chi connectivity index (χ3v) is 2.45. The van der Waals surface area contributed by atoms with Gasteiger partial charge in [-0.2, -0.15) is 23.4 Å². The lowest BCUT2D eigenvalue weighted by atomic mass is 10.1. The summed E-state index contributed by atoms with van der Waals surface area (Å²) >= 11 is 0. The second kappa shape index (κ2) is 6.37. The number of rotatable bonds is 5. The van der Waals surface area contributed by atoms with Crippen molar-refractivity contribution in [1.29, 1.82) is 5.26 Å². The van der Waals surface area contributed by atoms with Gasteiger partial charge in [-0.25, -0.2) is 0 Å². The van der Waals surface area contributed by atoms with Crippen molar-refractivity contribution in [3.8, 4) is 6.07 Å². The van der Waals surface area contributed by atoms with Gasteiger partial charge in [-0.3, -0.25) is 0 Å². The average molecular weight is 297 g/mol. The van der Waals surface area contributed by atoms with Gasteiger partial charge in [0, 0.05) is 0 Å². The highest BCUT2D eigenvalue weighted by atomic mass is 19.4. The zero-order valence-electron chi connectivity index (χ0n) is 10.7. The first-order valence-corrected chi connectivity index (χ1v) is 5.91. The van der Waals surface area contributed by atoms with Crippen LogP contribution in [0.4, 0.5) is 13.2 Å². The van der Waals surface area contributed by atoms with Crippen molar-refractivity contribution in [3.05, 3.63) is 47.1 Å². The summed E-state index contributed by atoms with van der Waals surface area (Å²) in [6.07, 6.45) is -4.05. The molecule has 0 fully saturated rings. The van der Waals surface area contributed by atoms with Crippen LogP contribution < -0.4 is 0 Å². The number of alkyl halides is 3. The third kappa shape index (κ3) is 4.89. The van der Waals surface area contributed by atoms with Crippen molar-refractivity contribution in [2.75, 3.05) is 6.61 Å². The lowest BCUT2D eigenvalue weighted by Crippen LogP contribution is -2.16. The van der Waals surface area contributed by atoms with Crippen molar-refractivity contribution >= 4 is 0 Å². The van der Waals surface area contributed by atoms with E-state index < -0.39 is 12.8 Å². The molecular weight excluding hydrogens is 287 g/mol. The van der Waals surface area contributed by atoms with Gasteiger partial charge >= 0.3 is 6.18 Å². The number of halogens is 3. The standard InChI is InChI=1S/C13H10F3N3O2/c14-13(15,16)8-20-7-11-18-12(21-19-11)5-9-1-3-10(6-17)4-2-9/h1-4H,5,7-8H2. The molecule has 21 heavy (non-hydrogen) atoms. The maximum atomic E-state index is 11.9. The van der Waals surface area contributed by atoms with Crippen molar-refractivity contribution in [3.63, 3.8) is 0 Å². The lowest BCUT2D eigenvalue weighted by Gasteiger charge is -2.04. The van der Waals surface area contributed by atoms with Crippen molar-refractivity contribution in [2.45, 2.75) is 19.2 Å². The van der Waals surface area contributed by atoms with Crippen LogP contribution in [-0.4, -0.2) is 22.9 Å². The molecule has 0 radical (unpaired) electrons. The van der Waals surface area contributed by atoms with Crippen molar-refractivity contribution in [1.82, 2.24) is 10.1 Å². The van der Waals surface area contributed by atoms with Crippen LogP contribution in [0.15, 0.2) is 28.8 Å². The van der Waals surface area contributed by atoms with Crippen molar-refractivity contribution in [2.24, 2.45) is 0 Å². The van der Waals surface area contributed by atoms with E-state index >= 15 is 0 Å². The molecule has 5 nitrogen and oxygen atoms in total. The summed E-state index contributed by atoms with van der Waals surface area (Å²) in [5.41, 5.74) is 1.38. The van der Waals surface area contributed by atoms with Crippen LogP contribution in [0.1, 0.15) is 22.8 Å². The Morgan fingerprint density at radius 2 is 1.95 bits per heavy atom. The molecule has 2 rings (SSSR count). The molecule has 0 aliphatic carbocycles. The number of hydrogen-bond donors (Lipinski definition) is 0. The van der Waals surface area contributed by atoms with Crippen LogP contribution in [0.5, 0.6) is 0 Å². The van der Waals surface area contributed by atoms with Crippen LogP contribution in [0.2, 0.25) is 0 Å². The summed E-state index contributed by atoms with van der Waals surface area (Å²) in [5, 5.41) is 12.2. The molecule has 0 unspecified atom stereocenters. The topological polar surface area (TPSA) is 71.9 Å². The summed E-state index contributed by atoms with van der Waals surface area (Å²) in [4.78, 5) is 3.93. The van der Waals surface area contributed by atoms with E-state index in [1.165, 1.54) is 0 Å². The summed E-state index contributed by atoms with van der Waals surface area (Å²) in [6, 6.07) is 8.78. The molecule has 1 aromatic heterocycles. The number of aromatic nitrogens is 2. The fraction of sp³-hybridized carbons (Fsp3) is 0.308. The maximum Gasteiger partial charge on any atom is 0.411 e. The predicted octanol–water partition coefficient (Wildman–Crippen LogP) is 2.61. The minimum absolute atomic E-state index is 0.0582. The number of nitriles is 1. The van der Waals surface area contributed by atoms with E-state index in [2.05, 4.69) is 14.9 Å². The first-order chi connectivity index (χ1) is 9.96. The first-order valence-electron chi connectivity index (χ1n) is 5.91. The minimum Gasteiger partial charge on any atom is -0.364 e. The summed E-state index contributed by atoms with van der Waals surface area (Å²) < 4.78 is 45.1. The highest BCUT2D eigenvalue weighted by Gasteiger charge is 2.27. The van der Waals surface area contributed by atoms with Gasteiger partial charge in [0.25, 0.3) is 0 Å². The van der Waals surface area contributed by atoms with Crippen LogP contribution in [0, 0.1) is 11.3 Å². The van der Waals surface area contributed by atoms with Gasteiger partial charge in [0.15, 0.2) is 5.82 Å². The number of nitrogens with zero attached hydrogens (tertiary/aromatic N) is 3. The Labute approximate surface area is 118 Å². The Balaban J connectivity index is 1.89. The highest BCUT2D eigenvalue weighted by Crippen LogP contribution is 2.15. The molecule has 1 heterocycles. The lowest BCUT2D eigenvalue weighted by molar-refractivity contribution is -0.177. The Hall–Kier alpha value is -2.40. The maximum absolute atomic E-state index is 11.9. The van der Waals surface area contributed by atoms with E-state index in [0.29, 0.717) is 12.0 Å². The second-order valence-corrected chi connectivity index (χ2v) is 4.20. The van der Waals surface area contributed by atoms with Gasteiger partial charge in [0.2, 0.25) is 5.89 Å². The molecule has 0 spiro atoms. The molecule has 0 amide bonds. The third-order valence-electron chi connectivity index (χ3n) is 2.45.